The number of nitrogens with two attached hydrogens (primary N) is 1. The first kappa shape index (κ1) is 15.1. The van der Waals surface area contributed by atoms with Crippen LogP contribution in [0.1, 0.15) is 37.3 Å². The van der Waals surface area contributed by atoms with Gasteiger partial charge in [-0.15, -0.1) is 0 Å². The van der Waals surface area contributed by atoms with E-state index >= 15 is 0 Å². The Morgan fingerprint density at radius 1 is 1.12 bits per heavy atom. The molecule has 1 amide bonds. The van der Waals surface area contributed by atoms with Crippen LogP contribution < -0.4 is 10.6 Å². The van der Waals surface area contributed by atoms with Gasteiger partial charge in [-0.25, -0.2) is 9.97 Å². The summed E-state index contributed by atoms with van der Waals surface area (Å²) < 4.78 is 0. The SMILES string of the molecule is NC(=O)C1CCN(c2ncc(-c3ccncc3)c(C3CC3)n2)CC1. The van der Waals surface area contributed by atoms with Crippen LogP contribution in [0.15, 0.2) is 30.7 Å². The fourth-order valence-electron chi connectivity index (χ4n) is 3.32. The molecular weight excluding hydrogens is 302 g/mol. The molecule has 2 N–H and O–H groups in total. The second kappa shape index (κ2) is 6.19. The predicted octanol–water partition coefficient (Wildman–Crippen LogP) is 2.12. The highest BCUT2D eigenvalue weighted by atomic mass is 16.1. The van der Waals surface area contributed by atoms with Crippen LogP contribution in [0.3, 0.4) is 0 Å². The van der Waals surface area contributed by atoms with Crippen molar-refractivity contribution in [3.05, 3.63) is 36.4 Å². The molecule has 2 aromatic heterocycles. The van der Waals surface area contributed by atoms with Crippen molar-refractivity contribution in [2.75, 3.05) is 18.0 Å². The van der Waals surface area contributed by atoms with Crippen molar-refractivity contribution >= 4 is 11.9 Å². The highest BCUT2D eigenvalue weighted by molar-refractivity contribution is 5.77. The van der Waals surface area contributed by atoms with Crippen LogP contribution in [0, 0.1) is 5.92 Å². The lowest BCUT2D eigenvalue weighted by atomic mass is 9.96. The number of aromatic nitrogens is 3. The Bertz CT molecular complexity index is 736. The smallest absolute Gasteiger partial charge is 0.225 e. The molecule has 1 saturated carbocycles. The lowest BCUT2D eigenvalue weighted by molar-refractivity contribution is -0.122. The predicted molar refractivity (Wildman–Crippen MR) is 91.4 cm³/mol. The molecule has 1 aliphatic heterocycles. The highest BCUT2D eigenvalue weighted by Gasteiger charge is 2.30. The van der Waals surface area contributed by atoms with Gasteiger partial charge in [0.1, 0.15) is 0 Å². The fourth-order valence-corrected chi connectivity index (χ4v) is 3.32. The Morgan fingerprint density at radius 3 is 2.46 bits per heavy atom. The summed E-state index contributed by atoms with van der Waals surface area (Å²) in [5, 5.41) is 0. The number of carbonyl (C=O) groups is 1. The van der Waals surface area contributed by atoms with Crippen LogP contribution in [-0.4, -0.2) is 33.9 Å². The zero-order chi connectivity index (χ0) is 16.5. The molecule has 6 nitrogen and oxygen atoms in total. The van der Waals surface area contributed by atoms with E-state index in [0.29, 0.717) is 5.92 Å². The molecule has 2 aliphatic rings. The van der Waals surface area contributed by atoms with Gasteiger partial charge in [0.25, 0.3) is 0 Å². The zero-order valence-electron chi connectivity index (χ0n) is 13.6. The number of pyridine rings is 1. The Kier molecular flexibility index (Phi) is 3.88. The summed E-state index contributed by atoms with van der Waals surface area (Å²) in [4.78, 5) is 27.1. The number of carbonyl (C=O) groups excluding carboxylic acids is 1. The summed E-state index contributed by atoms with van der Waals surface area (Å²) in [5.74, 6) is 1.11. The molecule has 0 unspecified atom stereocenters. The first-order valence-electron chi connectivity index (χ1n) is 8.54. The van der Waals surface area contributed by atoms with Gasteiger partial charge in [0, 0.05) is 49.1 Å². The standard InChI is InChI=1S/C18H21N5O/c19-17(24)14-5-9-23(10-6-14)18-21-11-15(12-3-7-20-8-4-12)16(22-18)13-1-2-13/h3-4,7-8,11,13-14H,1-2,5-6,9-10H2,(H2,19,24). The lowest BCUT2D eigenvalue weighted by Gasteiger charge is -2.30. The van der Waals surface area contributed by atoms with E-state index in [1.807, 2.05) is 18.3 Å². The van der Waals surface area contributed by atoms with Crippen LogP contribution in [0.2, 0.25) is 0 Å². The normalized spacial score (nSPS) is 18.6. The molecule has 2 aromatic rings. The second-order valence-electron chi connectivity index (χ2n) is 6.64. The topological polar surface area (TPSA) is 85.0 Å². The zero-order valence-corrected chi connectivity index (χ0v) is 13.6. The van der Waals surface area contributed by atoms with Gasteiger partial charge in [-0.2, -0.15) is 0 Å². The summed E-state index contributed by atoms with van der Waals surface area (Å²) >= 11 is 0. The maximum atomic E-state index is 11.3. The summed E-state index contributed by atoms with van der Waals surface area (Å²) in [7, 11) is 0. The van der Waals surface area contributed by atoms with Gasteiger partial charge in [0.05, 0.1) is 5.69 Å². The van der Waals surface area contributed by atoms with E-state index in [1.54, 1.807) is 12.4 Å². The molecule has 0 spiro atoms. The van der Waals surface area contributed by atoms with E-state index in [2.05, 4.69) is 14.9 Å². The van der Waals surface area contributed by atoms with E-state index in [4.69, 9.17) is 10.7 Å². The molecule has 2 fully saturated rings. The van der Waals surface area contributed by atoms with E-state index in [1.165, 1.54) is 12.8 Å². The van der Waals surface area contributed by atoms with Crippen molar-refractivity contribution in [1.82, 2.24) is 15.0 Å². The second-order valence-corrected chi connectivity index (χ2v) is 6.64. The van der Waals surface area contributed by atoms with E-state index in [0.717, 1.165) is 48.7 Å². The summed E-state index contributed by atoms with van der Waals surface area (Å²) in [6, 6.07) is 4.01. The number of primary amides is 1. The number of piperidine rings is 1. The van der Waals surface area contributed by atoms with E-state index < -0.39 is 0 Å². The maximum absolute atomic E-state index is 11.3. The molecule has 0 radical (unpaired) electrons. The van der Waals surface area contributed by atoms with Crippen LogP contribution >= 0.6 is 0 Å². The largest absolute Gasteiger partial charge is 0.369 e. The van der Waals surface area contributed by atoms with E-state index in [9.17, 15) is 4.79 Å². The number of rotatable bonds is 4. The molecule has 3 heterocycles. The lowest BCUT2D eigenvalue weighted by Crippen LogP contribution is -2.39. The van der Waals surface area contributed by atoms with Gasteiger partial charge in [0.2, 0.25) is 11.9 Å². The third kappa shape index (κ3) is 2.96. The van der Waals surface area contributed by atoms with Crippen LogP contribution in [0.25, 0.3) is 11.1 Å². The number of nitrogens with zero attached hydrogens (tertiary/aromatic N) is 4. The van der Waals surface area contributed by atoms with Gasteiger partial charge in [-0.3, -0.25) is 9.78 Å². The fraction of sp³-hybridized carbons (Fsp3) is 0.444. The van der Waals surface area contributed by atoms with Crippen molar-refractivity contribution in [1.29, 1.82) is 0 Å². The number of hydrogen-bond donors (Lipinski definition) is 1. The van der Waals surface area contributed by atoms with Crippen molar-refractivity contribution in [2.24, 2.45) is 11.7 Å². The molecule has 24 heavy (non-hydrogen) atoms. The Morgan fingerprint density at radius 2 is 1.83 bits per heavy atom. The Hall–Kier alpha value is -2.50. The quantitative estimate of drug-likeness (QED) is 0.931. The molecular formula is C18H21N5O. The minimum absolute atomic E-state index is 0.0137. The third-order valence-electron chi connectivity index (χ3n) is 4.94. The summed E-state index contributed by atoms with van der Waals surface area (Å²) in [6.45, 7) is 1.57. The molecule has 1 aliphatic carbocycles. The minimum atomic E-state index is -0.192. The molecule has 6 heteroatoms. The first-order chi connectivity index (χ1) is 11.7. The average Bonchev–Trinajstić information content (AvgIpc) is 3.47. The van der Waals surface area contributed by atoms with E-state index in [-0.39, 0.29) is 11.8 Å². The Balaban J connectivity index is 1.60. The van der Waals surface area contributed by atoms with Crippen molar-refractivity contribution in [3.63, 3.8) is 0 Å². The van der Waals surface area contributed by atoms with Crippen molar-refractivity contribution in [3.8, 4) is 11.1 Å². The Labute approximate surface area is 141 Å². The highest BCUT2D eigenvalue weighted by Crippen LogP contribution is 2.43. The number of anilines is 1. The first-order valence-corrected chi connectivity index (χ1v) is 8.54. The molecule has 0 atom stereocenters. The maximum Gasteiger partial charge on any atom is 0.225 e. The monoisotopic (exact) mass is 323 g/mol. The third-order valence-corrected chi connectivity index (χ3v) is 4.94. The van der Waals surface area contributed by atoms with Gasteiger partial charge < -0.3 is 10.6 Å². The summed E-state index contributed by atoms with van der Waals surface area (Å²) in [6.07, 6.45) is 9.48. The number of amides is 1. The molecule has 124 valence electrons. The van der Waals surface area contributed by atoms with Crippen molar-refractivity contribution < 1.29 is 4.79 Å². The minimum Gasteiger partial charge on any atom is -0.369 e. The molecule has 0 bridgehead atoms. The van der Waals surface area contributed by atoms with Gasteiger partial charge in [-0.05, 0) is 43.4 Å². The molecule has 1 saturated heterocycles. The summed E-state index contributed by atoms with van der Waals surface area (Å²) in [5.41, 5.74) is 8.78. The molecule has 4 rings (SSSR count). The molecule has 0 aromatic carbocycles. The van der Waals surface area contributed by atoms with Crippen LogP contribution in [-0.2, 0) is 4.79 Å². The number of hydrogen-bond acceptors (Lipinski definition) is 5. The van der Waals surface area contributed by atoms with Gasteiger partial charge in [-0.1, -0.05) is 0 Å². The van der Waals surface area contributed by atoms with Crippen molar-refractivity contribution in [2.45, 2.75) is 31.6 Å². The van der Waals surface area contributed by atoms with Gasteiger partial charge >= 0.3 is 0 Å². The average molecular weight is 323 g/mol. The van der Waals surface area contributed by atoms with Crippen LogP contribution in [0.5, 0.6) is 0 Å². The van der Waals surface area contributed by atoms with Gasteiger partial charge in [0.15, 0.2) is 0 Å². The van der Waals surface area contributed by atoms with Crippen LogP contribution in [0.4, 0.5) is 5.95 Å².